The first-order chi connectivity index (χ1) is 9.77. The van der Waals surface area contributed by atoms with E-state index in [1.54, 1.807) is 0 Å². The van der Waals surface area contributed by atoms with Gasteiger partial charge in [0, 0.05) is 17.9 Å². The van der Waals surface area contributed by atoms with Crippen molar-refractivity contribution >= 4 is 23.7 Å². The number of carboxylic acid groups (broad SMARTS) is 1. The maximum Gasteiger partial charge on any atom is 0.408 e. The highest BCUT2D eigenvalue weighted by molar-refractivity contribution is 6.20. The van der Waals surface area contributed by atoms with E-state index in [4.69, 9.17) is 21.4 Å². The highest BCUT2D eigenvalue weighted by atomic mass is 35.5. The molecule has 0 heterocycles. The zero-order valence-electron chi connectivity index (χ0n) is 13.0. The largest absolute Gasteiger partial charge is 0.481 e. The van der Waals surface area contributed by atoms with Gasteiger partial charge in [0.05, 0.1) is 6.42 Å². The first-order valence-corrected chi connectivity index (χ1v) is 8.01. The number of carbonyl (C=O) groups is 2. The van der Waals surface area contributed by atoms with Crippen LogP contribution >= 0.6 is 11.6 Å². The Morgan fingerprint density at radius 2 is 2.10 bits per heavy atom. The molecule has 1 fully saturated rings. The Labute approximate surface area is 131 Å². The van der Waals surface area contributed by atoms with Crippen molar-refractivity contribution in [2.75, 3.05) is 6.54 Å². The van der Waals surface area contributed by atoms with Crippen molar-refractivity contribution in [3.63, 3.8) is 0 Å². The summed E-state index contributed by atoms with van der Waals surface area (Å²) >= 11 is 5.90. The number of carbonyl (C=O) groups excluding carboxylic acids is 1. The lowest BCUT2D eigenvalue weighted by Gasteiger charge is -2.41. The molecule has 0 radical (unpaired) electrons. The predicted molar refractivity (Wildman–Crippen MR) is 81.3 cm³/mol. The van der Waals surface area contributed by atoms with Gasteiger partial charge in [0.25, 0.3) is 0 Å². The highest BCUT2D eigenvalue weighted by Crippen LogP contribution is 2.43. The molecule has 1 aliphatic carbocycles. The summed E-state index contributed by atoms with van der Waals surface area (Å²) in [7, 11) is 0. The van der Waals surface area contributed by atoms with E-state index in [0.717, 1.165) is 25.7 Å². The summed E-state index contributed by atoms with van der Waals surface area (Å²) in [6.07, 6.45) is 3.42. The van der Waals surface area contributed by atoms with Gasteiger partial charge >= 0.3 is 12.1 Å². The topological polar surface area (TPSA) is 75.6 Å². The lowest BCUT2D eigenvalue weighted by Crippen LogP contribution is -2.45. The van der Waals surface area contributed by atoms with Gasteiger partial charge in [-0.1, -0.05) is 51.6 Å². The Morgan fingerprint density at radius 3 is 2.62 bits per heavy atom. The number of carboxylic acids is 1. The van der Waals surface area contributed by atoms with Crippen molar-refractivity contribution in [2.24, 2.45) is 17.3 Å². The smallest absolute Gasteiger partial charge is 0.408 e. The van der Waals surface area contributed by atoms with Crippen LogP contribution in [0.25, 0.3) is 0 Å². The molecule has 0 aromatic carbocycles. The van der Waals surface area contributed by atoms with E-state index >= 15 is 0 Å². The molecule has 1 saturated carbocycles. The van der Waals surface area contributed by atoms with Crippen molar-refractivity contribution in [2.45, 2.75) is 58.4 Å². The Balaban J connectivity index is 2.61. The molecular formula is C15H26ClNO4. The van der Waals surface area contributed by atoms with Gasteiger partial charge in [-0.3, -0.25) is 4.79 Å². The molecule has 0 aliphatic heterocycles. The fraction of sp³-hybridized carbons (Fsp3) is 0.867. The van der Waals surface area contributed by atoms with Crippen molar-refractivity contribution < 1.29 is 19.4 Å². The van der Waals surface area contributed by atoms with Gasteiger partial charge in [-0.15, -0.1) is 0 Å². The van der Waals surface area contributed by atoms with Gasteiger partial charge in [-0.05, 0) is 12.3 Å². The first-order valence-electron chi connectivity index (χ1n) is 7.57. The Kier molecular flexibility index (Phi) is 6.78. The number of ether oxygens (including phenoxy) is 1. The molecule has 0 aromatic rings. The normalized spacial score (nSPS) is 27.2. The average Bonchev–Trinajstić information content (AvgIpc) is 2.39. The third-order valence-corrected chi connectivity index (χ3v) is 5.03. The third kappa shape index (κ3) is 5.38. The summed E-state index contributed by atoms with van der Waals surface area (Å²) in [5, 5.41) is 11.9. The number of halogens is 1. The fourth-order valence-corrected chi connectivity index (χ4v) is 2.98. The van der Waals surface area contributed by atoms with Crippen LogP contribution in [0.4, 0.5) is 4.79 Å². The SMILES string of the molecule is CC(C)C(Cl)OC(=O)NCC1(CC(=O)O)CCCCC1C. The van der Waals surface area contributed by atoms with E-state index in [9.17, 15) is 9.59 Å². The maximum absolute atomic E-state index is 11.8. The molecule has 0 aromatic heterocycles. The molecule has 6 heteroatoms. The van der Waals surface area contributed by atoms with E-state index < -0.39 is 17.6 Å². The molecule has 21 heavy (non-hydrogen) atoms. The van der Waals surface area contributed by atoms with E-state index in [1.165, 1.54) is 0 Å². The number of amides is 1. The molecule has 0 spiro atoms. The van der Waals surface area contributed by atoms with Gasteiger partial charge < -0.3 is 15.2 Å². The summed E-state index contributed by atoms with van der Waals surface area (Å²) in [6, 6.07) is 0. The van der Waals surface area contributed by atoms with Crippen LogP contribution in [-0.2, 0) is 9.53 Å². The zero-order chi connectivity index (χ0) is 16.0. The molecule has 5 nitrogen and oxygen atoms in total. The fourth-order valence-electron chi connectivity index (χ4n) is 2.90. The maximum atomic E-state index is 11.8. The van der Waals surface area contributed by atoms with Crippen LogP contribution in [0, 0.1) is 17.3 Å². The number of rotatable bonds is 6. The second kappa shape index (κ2) is 7.87. The van der Waals surface area contributed by atoms with Gasteiger partial charge in [-0.25, -0.2) is 4.79 Å². The molecule has 2 N–H and O–H groups in total. The monoisotopic (exact) mass is 319 g/mol. The second-order valence-corrected chi connectivity index (χ2v) is 6.86. The first kappa shape index (κ1) is 18.1. The second-order valence-electron chi connectivity index (χ2n) is 6.43. The van der Waals surface area contributed by atoms with Gasteiger partial charge in [-0.2, -0.15) is 0 Å². The van der Waals surface area contributed by atoms with Gasteiger partial charge in [0.2, 0.25) is 0 Å². The van der Waals surface area contributed by atoms with Crippen LogP contribution in [0.5, 0.6) is 0 Å². The number of aliphatic carboxylic acids is 1. The number of alkyl halides is 1. The van der Waals surface area contributed by atoms with Crippen molar-refractivity contribution in [1.82, 2.24) is 5.32 Å². The number of nitrogens with one attached hydrogen (secondary N) is 1. The van der Waals surface area contributed by atoms with Crippen molar-refractivity contribution in [1.29, 1.82) is 0 Å². The summed E-state index contributed by atoms with van der Waals surface area (Å²) in [4.78, 5) is 22.9. The molecule has 122 valence electrons. The molecule has 3 atom stereocenters. The van der Waals surface area contributed by atoms with Crippen LogP contribution in [0.15, 0.2) is 0 Å². The van der Waals surface area contributed by atoms with Crippen LogP contribution in [-0.4, -0.2) is 29.3 Å². The minimum atomic E-state index is -0.823. The lowest BCUT2D eigenvalue weighted by atomic mass is 9.65. The summed E-state index contributed by atoms with van der Waals surface area (Å²) in [6.45, 7) is 6.11. The van der Waals surface area contributed by atoms with E-state index in [0.29, 0.717) is 6.54 Å². The van der Waals surface area contributed by atoms with E-state index in [1.807, 2.05) is 13.8 Å². The number of alkyl carbamates (subject to hydrolysis) is 1. The minimum Gasteiger partial charge on any atom is -0.481 e. The quantitative estimate of drug-likeness (QED) is 0.733. The molecule has 3 unspecified atom stereocenters. The highest BCUT2D eigenvalue weighted by Gasteiger charge is 2.40. The molecular weight excluding hydrogens is 294 g/mol. The van der Waals surface area contributed by atoms with Gasteiger partial charge in [0.1, 0.15) is 0 Å². The van der Waals surface area contributed by atoms with Crippen LogP contribution < -0.4 is 5.32 Å². The molecule has 1 amide bonds. The van der Waals surface area contributed by atoms with Crippen LogP contribution in [0.1, 0.15) is 52.9 Å². The van der Waals surface area contributed by atoms with Crippen molar-refractivity contribution in [3.8, 4) is 0 Å². The minimum absolute atomic E-state index is 0.0269. The summed E-state index contributed by atoms with van der Waals surface area (Å²) in [5.41, 5.74) is -1.06. The Morgan fingerprint density at radius 1 is 1.43 bits per heavy atom. The Bertz CT molecular complexity index is 375. The van der Waals surface area contributed by atoms with Crippen molar-refractivity contribution in [3.05, 3.63) is 0 Å². The predicted octanol–water partition coefficient (Wildman–Crippen LogP) is 3.60. The molecule has 1 rings (SSSR count). The van der Waals surface area contributed by atoms with Crippen LogP contribution in [0.3, 0.4) is 0 Å². The Hall–Kier alpha value is -0.970. The average molecular weight is 320 g/mol. The molecule has 1 aliphatic rings. The zero-order valence-corrected chi connectivity index (χ0v) is 13.8. The summed E-state index contributed by atoms with van der Waals surface area (Å²) in [5.74, 6) is -0.533. The molecule has 0 bridgehead atoms. The third-order valence-electron chi connectivity index (χ3n) is 4.44. The number of hydrogen-bond donors (Lipinski definition) is 2. The van der Waals surface area contributed by atoms with Crippen LogP contribution in [0.2, 0.25) is 0 Å². The molecule has 0 saturated heterocycles. The lowest BCUT2D eigenvalue weighted by molar-refractivity contribution is -0.141. The van der Waals surface area contributed by atoms with E-state index in [2.05, 4.69) is 12.2 Å². The summed E-state index contributed by atoms with van der Waals surface area (Å²) < 4.78 is 5.06. The van der Waals surface area contributed by atoms with E-state index in [-0.39, 0.29) is 23.7 Å². The number of hydrogen-bond acceptors (Lipinski definition) is 3. The van der Waals surface area contributed by atoms with Gasteiger partial charge in [0.15, 0.2) is 5.56 Å². The standard InChI is InChI=1S/C15H26ClNO4/c1-10(2)13(16)21-14(20)17-9-15(8-12(18)19)7-5-4-6-11(15)3/h10-11,13H,4-9H2,1-3H3,(H,17,20)(H,18,19).